The molecule has 0 saturated heterocycles. The molecule has 0 radical (unpaired) electrons. The molecule has 7 nitrogen and oxygen atoms in total. The highest BCUT2D eigenvalue weighted by atomic mass is 32.2. The van der Waals surface area contributed by atoms with Crippen LogP contribution in [0.4, 0.5) is 0 Å². The quantitative estimate of drug-likeness (QED) is 0.119. The fourth-order valence-electron chi connectivity index (χ4n) is 4.84. The van der Waals surface area contributed by atoms with Crippen LogP contribution in [0.1, 0.15) is 32.2 Å². The Kier molecular flexibility index (Phi) is 6.69. The second kappa shape index (κ2) is 10.5. The number of aromatic nitrogens is 1. The van der Waals surface area contributed by atoms with Crippen molar-refractivity contribution in [1.29, 1.82) is 0 Å². The van der Waals surface area contributed by atoms with Gasteiger partial charge in [0, 0.05) is 21.7 Å². The molecule has 1 unspecified atom stereocenters. The summed E-state index contributed by atoms with van der Waals surface area (Å²) in [6.45, 7) is 0.292. The number of furan rings is 1. The fraction of sp³-hybridized carbons (Fsp3) is 0.0606. The first kappa shape index (κ1) is 26.2. The number of ketones is 1. The molecule has 2 heterocycles. The zero-order chi connectivity index (χ0) is 28.6. The van der Waals surface area contributed by atoms with E-state index < -0.39 is 21.5 Å². The standard InChI is InChI=1S/C33H25NO6S/c1-38-33(36)30-26-18-17-24(39-21-22-11-5-3-6-12-22)20-27(26)34(41(2,37)25-14-7-4-8-15-25)31(30)32(35)29-19-23-13-9-10-16-28(23)40-29/h3-20H,2,21H2,1H3. The minimum Gasteiger partial charge on any atom is -0.489 e. The van der Waals surface area contributed by atoms with Crippen LogP contribution in [0.5, 0.6) is 5.75 Å². The number of nitrogens with zero attached hydrogens (tertiary/aromatic N) is 1. The molecule has 4 aromatic carbocycles. The number of carbonyl (C=O) groups is 2. The summed E-state index contributed by atoms with van der Waals surface area (Å²) in [7, 11) is -2.16. The number of hydrogen-bond donors (Lipinski definition) is 0. The van der Waals surface area contributed by atoms with E-state index in [0.29, 0.717) is 39.1 Å². The van der Waals surface area contributed by atoms with Crippen molar-refractivity contribution in [3.8, 4) is 5.75 Å². The van der Waals surface area contributed by atoms with E-state index in [1.165, 1.54) is 11.1 Å². The molecule has 6 rings (SSSR count). The van der Waals surface area contributed by atoms with E-state index in [1.54, 1.807) is 66.7 Å². The fourth-order valence-corrected chi connectivity index (χ4v) is 6.57. The van der Waals surface area contributed by atoms with Crippen LogP contribution in [0.3, 0.4) is 0 Å². The summed E-state index contributed by atoms with van der Waals surface area (Å²) >= 11 is 0. The van der Waals surface area contributed by atoms with Gasteiger partial charge in [-0.2, -0.15) is 0 Å². The molecule has 8 heteroatoms. The van der Waals surface area contributed by atoms with Crippen LogP contribution in [0.2, 0.25) is 0 Å². The van der Waals surface area contributed by atoms with Crippen LogP contribution < -0.4 is 4.74 Å². The topological polar surface area (TPSA) is 87.7 Å². The first-order valence-corrected chi connectivity index (χ1v) is 14.5. The summed E-state index contributed by atoms with van der Waals surface area (Å²) in [6, 6.07) is 32.1. The summed E-state index contributed by atoms with van der Waals surface area (Å²) in [5, 5.41) is 1.09. The van der Waals surface area contributed by atoms with E-state index in [-0.39, 0.29) is 17.0 Å². The molecule has 6 aromatic rings. The van der Waals surface area contributed by atoms with Crippen molar-refractivity contribution in [3.63, 3.8) is 0 Å². The van der Waals surface area contributed by atoms with E-state index in [9.17, 15) is 13.8 Å². The molecule has 0 aliphatic heterocycles. The van der Waals surface area contributed by atoms with Gasteiger partial charge in [-0.3, -0.25) is 8.77 Å². The maximum absolute atomic E-state index is 14.6. The number of hydrogen-bond acceptors (Lipinski definition) is 6. The van der Waals surface area contributed by atoms with Gasteiger partial charge >= 0.3 is 5.97 Å². The molecule has 0 fully saturated rings. The number of para-hydroxylation sites is 1. The van der Waals surface area contributed by atoms with Crippen LogP contribution >= 0.6 is 0 Å². The summed E-state index contributed by atoms with van der Waals surface area (Å²) < 4.78 is 33.0. The Morgan fingerprint density at radius 2 is 1.56 bits per heavy atom. The van der Waals surface area contributed by atoms with Gasteiger partial charge in [-0.1, -0.05) is 66.7 Å². The molecule has 0 spiro atoms. The monoisotopic (exact) mass is 563 g/mol. The summed E-state index contributed by atoms with van der Waals surface area (Å²) in [6.07, 6.45) is 0. The molecule has 0 saturated carbocycles. The van der Waals surface area contributed by atoms with Gasteiger partial charge in [0.15, 0.2) is 5.76 Å². The molecule has 204 valence electrons. The van der Waals surface area contributed by atoms with Gasteiger partial charge in [0.05, 0.1) is 27.9 Å². The van der Waals surface area contributed by atoms with Crippen LogP contribution in [0.25, 0.3) is 21.9 Å². The predicted octanol–water partition coefficient (Wildman–Crippen LogP) is 6.52. The lowest BCUT2D eigenvalue weighted by Crippen LogP contribution is -2.21. The number of ether oxygens (including phenoxy) is 2. The van der Waals surface area contributed by atoms with Gasteiger partial charge < -0.3 is 13.9 Å². The second-order valence-corrected chi connectivity index (χ2v) is 11.5. The van der Waals surface area contributed by atoms with Crippen LogP contribution in [0.15, 0.2) is 119 Å². The van der Waals surface area contributed by atoms with Crippen LogP contribution in [-0.4, -0.2) is 32.9 Å². The largest absolute Gasteiger partial charge is 0.489 e. The lowest BCUT2D eigenvalue weighted by molar-refractivity contribution is 0.0599. The van der Waals surface area contributed by atoms with Crippen molar-refractivity contribution >= 4 is 49.2 Å². The number of esters is 1. The smallest absolute Gasteiger partial charge is 0.340 e. The van der Waals surface area contributed by atoms with Crippen LogP contribution in [-0.2, 0) is 21.1 Å². The zero-order valence-electron chi connectivity index (χ0n) is 22.1. The summed E-state index contributed by atoms with van der Waals surface area (Å²) in [4.78, 5) is 27.9. The highest BCUT2D eigenvalue weighted by Gasteiger charge is 2.33. The zero-order valence-corrected chi connectivity index (χ0v) is 22.9. The average molecular weight is 564 g/mol. The first-order chi connectivity index (χ1) is 19.9. The van der Waals surface area contributed by atoms with E-state index in [1.807, 2.05) is 42.5 Å². The van der Waals surface area contributed by atoms with Crippen molar-refractivity contribution in [3.05, 3.63) is 132 Å². The van der Waals surface area contributed by atoms with Gasteiger partial charge in [0.25, 0.3) is 0 Å². The third-order valence-electron chi connectivity index (χ3n) is 6.81. The average Bonchev–Trinajstić information content (AvgIpc) is 3.60. The predicted molar refractivity (Wildman–Crippen MR) is 159 cm³/mol. The third-order valence-corrected chi connectivity index (χ3v) is 8.78. The third kappa shape index (κ3) is 4.68. The Balaban J connectivity index is 1.61. The molecule has 0 bridgehead atoms. The van der Waals surface area contributed by atoms with Gasteiger partial charge in [0.2, 0.25) is 5.78 Å². The number of carbonyl (C=O) groups excluding carboxylic acids is 2. The van der Waals surface area contributed by atoms with Gasteiger partial charge in [-0.15, -0.1) is 0 Å². The molecule has 0 N–H and O–H groups in total. The Morgan fingerprint density at radius 3 is 2.27 bits per heavy atom. The summed E-state index contributed by atoms with van der Waals surface area (Å²) in [5.74, 6) is 3.14. The molecule has 0 amide bonds. The Bertz CT molecular complexity index is 1990. The Hall–Kier alpha value is -5.08. The maximum atomic E-state index is 14.6. The maximum Gasteiger partial charge on any atom is 0.340 e. The lowest BCUT2D eigenvalue weighted by Gasteiger charge is -2.16. The van der Waals surface area contributed by atoms with Crippen LogP contribution in [0, 0.1) is 0 Å². The normalized spacial score (nSPS) is 12.7. The van der Waals surface area contributed by atoms with Crippen molar-refractivity contribution in [2.45, 2.75) is 11.5 Å². The van der Waals surface area contributed by atoms with Gasteiger partial charge in [0.1, 0.15) is 23.6 Å². The SMILES string of the molecule is C=S(=O)(c1ccccc1)n1c(C(=O)c2cc3ccccc3o2)c(C(=O)OC)c2ccc(OCc3ccccc3)cc21. The van der Waals surface area contributed by atoms with E-state index in [0.717, 1.165) is 5.56 Å². The molecular formula is C33H25NO6S. The highest BCUT2D eigenvalue weighted by molar-refractivity contribution is 7.99. The van der Waals surface area contributed by atoms with Crippen molar-refractivity contribution in [1.82, 2.24) is 3.97 Å². The highest BCUT2D eigenvalue weighted by Crippen LogP contribution is 2.35. The number of fused-ring (bicyclic) bond motifs is 2. The Morgan fingerprint density at radius 1 is 0.878 bits per heavy atom. The van der Waals surface area contributed by atoms with E-state index in [2.05, 4.69) is 5.87 Å². The Labute approximate surface area is 236 Å². The van der Waals surface area contributed by atoms with Crippen molar-refractivity contribution in [2.24, 2.45) is 0 Å². The lowest BCUT2D eigenvalue weighted by atomic mass is 10.1. The molecule has 0 aliphatic carbocycles. The molecular weight excluding hydrogens is 538 g/mol. The summed E-state index contributed by atoms with van der Waals surface area (Å²) in [5.41, 5.74) is 1.63. The van der Waals surface area contributed by atoms with Crippen molar-refractivity contribution < 1.29 is 27.7 Å². The molecule has 41 heavy (non-hydrogen) atoms. The second-order valence-electron chi connectivity index (χ2n) is 9.39. The van der Waals surface area contributed by atoms with E-state index in [4.69, 9.17) is 13.9 Å². The first-order valence-electron chi connectivity index (χ1n) is 12.8. The van der Waals surface area contributed by atoms with Gasteiger partial charge in [-0.05, 0) is 47.8 Å². The molecule has 0 aliphatic rings. The molecule has 2 aromatic heterocycles. The van der Waals surface area contributed by atoms with Crippen molar-refractivity contribution in [2.75, 3.05) is 7.11 Å². The minimum atomic E-state index is -3.39. The van der Waals surface area contributed by atoms with Gasteiger partial charge in [-0.25, -0.2) is 9.00 Å². The number of benzene rings is 4. The minimum absolute atomic E-state index is 0.00998. The molecule has 1 atom stereocenters. The van der Waals surface area contributed by atoms with E-state index >= 15 is 0 Å². The number of rotatable bonds is 8. The number of methoxy groups -OCH3 is 1.